The summed E-state index contributed by atoms with van der Waals surface area (Å²) in [6.45, 7) is 3.09. The molecule has 1 aliphatic rings. The van der Waals surface area contributed by atoms with Gasteiger partial charge in [-0.15, -0.1) is 0 Å². The van der Waals surface area contributed by atoms with Crippen LogP contribution in [0.4, 0.5) is 5.69 Å². The number of rotatable bonds is 4. The molecule has 1 atom stereocenters. The molecule has 0 bridgehead atoms. The first-order chi connectivity index (χ1) is 12.6. The van der Waals surface area contributed by atoms with Crippen LogP contribution in [0.3, 0.4) is 0 Å². The number of hydrogen-bond acceptors (Lipinski definition) is 3. The average molecular weight is 351 g/mol. The number of carbonyl (C=O) groups excluding carboxylic acids is 2. The van der Waals surface area contributed by atoms with Crippen LogP contribution >= 0.6 is 0 Å². The summed E-state index contributed by atoms with van der Waals surface area (Å²) in [4.78, 5) is 27.2. The topological polar surface area (TPSA) is 75.4 Å². The fourth-order valence-electron chi connectivity index (χ4n) is 3.41. The highest BCUT2D eigenvalue weighted by Crippen LogP contribution is 2.22. The lowest BCUT2D eigenvalue weighted by Crippen LogP contribution is -2.49. The number of nitrogens with one attached hydrogen (secondary N) is 1. The van der Waals surface area contributed by atoms with Crippen molar-refractivity contribution in [2.45, 2.75) is 32.2 Å². The van der Waals surface area contributed by atoms with E-state index in [1.165, 1.54) is 0 Å². The van der Waals surface area contributed by atoms with Gasteiger partial charge < -0.3 is 16.0 Å². The molecule has 2 aromatic rings. The van der Waals surface area contributed by atoms with Crippen LogP contribution in [0.1, 0.15) is 45.5 Å². The Labute approximate surface area is 154 Å². The van der Waals surface area contributed by atoms with Crippen LogP contribution in [0.5, 0.6) is 0 Å². The second-order valence-electron chi connectivity index (χ2n) is 6.80. The first kappa shape index (κ1) is 18.0. The van der Waals surface area contributed by atoms with E-state index in [9.17, 15) is 9.59 Å². The molecule has 0 aromatic heterocycles. The molecule has 2 amide bonds. The molecule has 5 heteroatoms. The van der Waals surface area contributed by atoms with Crippen LogP contribution in [0.25, 0.3) is 0 Å². The summed E-state index contributed by atoms with van der Waals surface area (Å²) in [6, 6.07) is 14.6. The van der Waals surface area contributed by atoms with E-state index in [1.807, 2.05) is 36.1 Å². The molecule has 2 aromatic carbocycles. The fourth-order valence-corrected chi connectivity index (χ4v) is 3.41. The van der Waals surface area contributed by atoms with Gasteiger partial charge in [-0.1, -0.05) is 24.3 Å². The summed E-state index contributed by atoms with van der Waals surface area (Å²) in [7, 11) is 0. The van der Waals surface area contributed by atoms with Gasteiger partial charge in [0.1, 0.15) is 0 Å². The summed E-state index contributed by atoms with van der Waals surface area (Å²) in [5.41, 5.74) is 8.65. The highest BCUT2D eigenvalue weighted by molar-refractivity contribution is 5.97. The van der Waals surface area contributed by atoms with E-state index in [0.717, 1.165) is 24.8 Å². The quantitative estimate of drug-likeness (QED) is 0.832. The highest BCUT2D eigenvalue weighted by Gasteiger charge is 2.28. The van der Waals surface area contributed by atoms with Gasteiger partial charge in [-0.05, 0) is 56.0 Å². The molecular weight excluding hydrogens is 326 g/mol. The minimum Gasteiger partial charge on any atom is -0.399 e. The van der Waals surface area contributed by atoms with Crippen molar-refractivity contribution in [1.82, 2.24) is 10.2 Å². The van der Waals surface area contributed by atoms with Crippen molar-refractivity contribution in [3.05, 3.63) is 65.2 Å². The standard InChI is InChI=1S/C21H25N3O2/c1-15-10-11-17(22)13-19(15)21(26)24-12-6-5-9-18(24)14-23-20(25)16-7-3-2-4-8-16/h2-4,7-8,10-11,13,18H,5-6,9,12,14,22H2,1H3,(H,23,25). The number of nitrogens with zero attached hydrogens (tertiary/aromatic N) is 1. The van der Waals surface area contributed by atoms with Crippen LogP contribution in [0, 0.1) is 6.92 Å². The first-order valence-corrected chi connectivity index (χ1v) is 9.06. The van der Waals surface area contributed by atoms with E-state index in [1.54, 1.807) is 24.3 Å². The third-order valence-electron chi connectivity index (χ3n) is 4.91. The molecule has 3 rings (SSSR count). The summed E-state index contributed by atoms with van der Waals surface area (Å²) in [6.07, 6.45) is 2.93. The Kier molecular flexibility index (Phi) is 5.56. The Morgan fingerprint density at radius 1 is 1.15 bits per heavy atom. The van der Waals surface area contributed by atoms with E-state index < -0.39 is 0 Å². The molecule has 0 spiro atoms. The van der Waals surface area contributed by atoms with Gasteiger partial charge in [-0.2, -0.15) is 0 Å². The second-order valence-corrected chi connectivity index (χ2v) is 6.80. The lowest BCUT2D eigenvalue weighted by Gasteiger charge is -2.36. The molecule has 5 nitrogen and oxygen atoms in total. The smallest absolute Gasteiger partial charge is 0.254 e. The van der Waals surface area contributed by atoms with Gasteiger partial charge in [0.05, 0.1) is 0 Å². The summed E-state index contributed by atoms with van der Waals surface area (Å²) in [5, 5.41) is 2.97. The summed E-state index contributed by atoms with van der Waals surface area (Å²) < 4.78 is 0. The number of nitrogens with two attached hydrogens (primary N) is 1. The van der Waals surface area contributed by atoms with Gasteiger partial charge in [0.2, 0.25) is 0 Å². The van der Waals surface area contributed by atoms with Crippen LogP contribution in [0.15, 0.2) is 48.5 Å². The van der Waals surface area contributed by atoms with Crippen molar-refractivity contribution in [2.75, 3.05) is 18.8 Å². The number of likely N-dealkylation sites (tertiary alicyclic amines) is 1. The number of aryl methyl sites for hydroxylation is 1. The molecule has 1 fully saturated rings. The molecule has 1 saturated heterocycles. The number of nitrogen functional groups attached to an aromatic ring is 1. The van der Waals surface area contributed by atoms with E-state index in [4.69, 9.17) is 5.73 Å². The fraction of sp³-hybridized carbons (Fsp3) is 0.333. The predicted molar refractivity (Wildman–Crippen MR) is 103 cm³/mol. The van der Waals surface area contributed by atoms with Crippen molar-refractivity contribution >= 4 is 17.5 Å². The summed E-state index contributed by atoms with van der Waals surface area (Å²) in [5.74, 6) is -0.114. The summed E-state index contributed by atoms with van der Waals surface area (Å²) >= 11 is 0. The predicted octanol–water partition coefficient (Wildman–Crippen LogP) is 3.00. The molecule has 1 heterocycles. The van der Waals surface area contributed by atoms with Gasteiger partial charge in [-0.3, -0.25) is 9.59 Å². The maximum Gasteiger partial charge on any atom is 0.254 e. The largest absolute Gasteiger partial charge is 0.399 e. The Hall–Kier alpha value is -2.82. The molecule has 0 aliphatic carbocycles. The van der Waals surface area contributed by atoms with E-state index in [-0.39, 0.29) is 17.9 Å². The molecule has 136 valence electrons. The van der Waals surface area contributed by atoms with Crippen LogP contribution in [-0.4, -0.2) is 35.8 Å². The zero-order chi connectivity index (χ0) is 18.5. The van der Waals surface area contributed by atoms with Crippen molar-refractivity contribution in [3.63, 3.8) is 0 Å². The van der Waals surface area contributed by atoms with Gasteiger partial charge >= 0.3 is 0 Å². The lowest BCUT2D eigenvalue weighted by atomic mass is 9.99. The normalized spacial score (nSPS) is 17.0. The van der Waals surface area contributed by atoms with Crippen molar-refractivity contribution in [1.29, 1.82) is 0 Å². The monoisotopic (exact) mass is 351 g/mol. The third-order valence-corrected chi connectivity index (χ3v) is 4.91. The molecule has 0 radical (unpaired) electrons. The molecule has 26 heavy (non-hydrogen) atoms. The average Bonchev–Trinajstić information content (AvgIpc) is 2.68. The maximum absolute atomic E-state index is 13.1. The number of benzene rings is 2. The molecule has 1 aliphatic heterocycles. The Bertz CT molecular complexity index is 789. The van der Waals surface area contributed by atoms with Gasteiger partial charge in [0.15, 0.2) is 0 Å². The number of hydrogen-bond donors (Lipinski definition) is 2. The molecule has 3 N–H and O–H groups in total. The van der Waals surface area contributed by atoms with Crippen LogP contribution in [-0.2, 0) is 0 Å². The van der Waals surface area contributed by atoms with Gasteiger partial charge in [0.25, 0.3) is 11.8 Å². The lowest BCUT2D eigenvalue weighted by molar-refractivity contribution is 0.0602. The number of amides is 2. The zero-order valence-electron chi connectivity index (χ0n) is 15.1. The van der Waals surface area contributed by atoms with Gasteiger partial charge in [0, 0.05) is 35.9 Å². The molecule has 0 saturated carbocycles. The van der Waals surface area contributed by atoms with Crippen molar-refractivity contribution < 1.29 is 9.59 Å². The number of carbonyl (C=O) groups is 2. The van der Waals surface area contributed by atoms with Crippen molar-refractivity contribution in [2.24, 2.45) is 0 Å². The van der Waals surface area contributed by atoms with Crippen LogP contribution in [0.2, 0.25) is 0 Å². The Morgan fingerprint density at radius 2 is 1.92 bits per heavy atom. The minimum atomic E-state index is -0.108. The van der Waals surface area contributed by atoms with Gasteiger partial charge in [-0.25, -0.2) is 0 Å². The maximum atomic E-state index is 13.1. The van der Waals surface area contributed by atoms with E-state index in [2.05, 4.69) is 5.32 Å². The number of piperidine rings is 1. The third kappa shape index (κ3) is 4.04. The highest BCUT2D eigenvalue weighted by atomic mass is 16.2. The number of anilines is 1. The molecular formula is C21H25N3O2. The zero-order valence-corrected chi connectivity index (χ0v) is 15.1. The Balaban J connectivity index is 1.70. The second kappa shape index (κ2) is 8.04. The SMILES string of the molecule is Cc1ccc(N)cc1C(=O)N1CCCCC1CNC(=O)c1ccccc1. The van der Waals surface area contributed by atoms with E-state index in [0.29, 0.717) is 29.9 Å². The van der Waals surface area contributed by atoms with Crippen LogP contribution < -0.4 is 11.1 Å². The van der Waals surface area contributed by atoms with E-state index >= 15 is 0 Å². The molecule has 1 unspecified atom stereocenters. The Morgan fingerprint density at radius 3 is 2.69 bits per heavy atom. The minimum absolute atomic E-state index is 0.00439. The van der Waals surface area contributed by atoms with Crippen molar-refractivity contribution in [3.8, 4) is 0 Å². The first-order valence-electron chi connectivity index (χ1n) is 9.06.